The number of benzene rings is 1. The molecule has 0 spiro atoms. The number of carbonyl (C=O) groups is 1. The predicted molar refractivity (Wildman–Crippen MR) is 72.2 cm³/mol. The highest BCUT2D eigenvalue weighted by atomic mass is 16.5. The Morgan fingerprint density at radius 1 is 1.37 bits per heavy atom. The van der Waals surface area contributed by atoms with Gasteiger partial charge in [0.15, 0.2) is 0 Å². The Labute approximate surface area is 112 Å². The SMILES string of the molecule is COc1ccc(C(C)NC(=O)c2cc(C)[nH]n2)cc1. The molecule has 2 rings (SSSR count). The number of nitrogens with zero attached hydrogens (tertiary/aromatic N) is 1. The summed E-state index contributed by atoms with van der Waals surface area (Å²) in [5, 5.41) is 9.58. The lowest BCUT2D eigenvalue weighted by Crippen LogP contribution is -2.26. The van der Waals surface area contributed by atoms with E-state index in [0.29, 0.717) is 5.69 Å². The highest BCUT2D eigenvalue weighted by molar-refractivity contribution is 5.92. The fourth-order valence-corrected chi connectivity index (χ4v) is 1.78. The van der Waals surface area contributed by atoms with Crippen molar-refractivity contribution < 1.29 is 9.53 Å². The van der Waals surface area contributed by atoms with Crippen molar-refractivity contribution in [1.29, 1.82) is 0 Å². The minimum Gasteiger partial charge on any atom is -0.497 e. The molecule has 1 aromatic heterocycles. The van der Waals surface area contributed by atoms with Gasteiger partial charge in [0.2, 0.25) is 0 Å². The molecule has 1 aromatic carbocycles. The molecule has 100 valence electrons. The van der Waals surface area contributed by atoms with Crippen LogP contribution in [0.5, 0.6) is 5.75 Å². The van der Waals surface area contributed by atoms with Crippen LogP contribution in [-0.2, 0) is 0 Å². The fraction of sp³-hybridized carbons (Fsp3) is 0.286. The lowest BCUT2D eigenvalue weighted by atomic mass is 10.1. The number of methoxy groups -OCH3 is 1. The van der Waals surface area contributed by atoms with Gasteiger partial charge in [-0.15, -0.1) is 0 Å². The van der Waals surface area contributed by atoms with E-state index >= 15 is 0 Å². The van der Waals surface area contributed by atoms with E-state index in [9.17, 15) is 4.79 Å². The van der Waals surface area contributed by atoms with Crippen molar-refractivity contribution in [3.8, 4) is 5.75 Å². The molecule has 5 heteroatoms. The summed E-state index contributed by atoms with van der Waals surface area (Å²) in [6.07, 6.45) is 0. The zero-order valence-corrected chi connectivity index (χ0v) is 11.2. The monoisotopic (exact) mass is 259 g/mol. The van der Waals surface area contributed by atoms with Crippen molar-refractivity contribution >= 4 is 5.91 Å². The van der Waals surface area contributed by atoms with Gasteiger partial charge < -0.3 is 10.1 Å². The zero-order valence-electron chi connectivity index (χ0n) is 11.2. The van der Waals surface area contributed by atoms with Gasteiger partial charge in [-0.05, 0) is 37.6 Å². The highest BCUT2D eigenvalue weighted by Crippen LogP contribution is 2.17. The van der Waals surface area contributed by atoms with Crippen molar-refractivity contribution in [1.82, 2.24) is 15.5 Å². The summed E-state index contributed by atoms with van der Waals surface area (Å²) >= 11 is 0. The summed E-state index contributed by atoms with van der Waals surface area (Å²) in [4.78, 5) is 11.9. The molecule has 1 heterocycles. The van der Waals surface area contributed by atoms with Crippen LogP contribution in [0.3, 0.4) is 0 Å². The van der Waals surface area contributed by atoms with Crippen LogP contribution in [0.2, 0.25) is 0 Å². The Balaban J connectivity index is 2.03. The quantitative estimate of drug-likeness (QED) is 0.884. The van der Waals surface area contributed by atoms with Crippen LogP contribution in [0.25, 0.3) is 0 Å². The highest BCUT2D eigenvalue weighted by Gasteiger charge is 2.13. The molecule has 1 amide bonds. The molecular weight excluding hydrogens is 242 g/mol. The molecule has 0 bridgehead atoms. The van der Waals surface area contributed by atoms with E-state index in [1.807, 2.05) is 38.1 Å². The molecule has 2 aromatic rings. The molecule has 5 nitrogen and oxygen atoms in total. The van der Waals surface area contributed by atoms with Crippen molar-refractivity contribution in [2.24, 2.45) is 0 Å². The number of rotatable bonds is 4. The largest absolute Gasteiger partial charge is 0.497 e. The normalized spacial score (nSPS) is 11.9. The first kappa shape index (κ1) is 13.1. The van der Waals surface area contributed by atoms with E-state index in [-0.39, 0.29) is 11.9 Å². The summed E-state index contributed by atoms with van der Waals surface area (Å²) in [6, 6.07) is 9.23. The van der Waals surface area contributed by atoms with Crippen LogP contribution in [0.4, 0.5) is 0 Å². The van der Waals surface area contributed by atoms with Crippen molar-refractivity contribution in [3.05, 3.63) is 47.3 Å². The zero-order chi connectivity index (χ0) is 13.8. The molecule has 0 fully saturated rings. The van der Waals surface area contributed by atoms with Crippen LogP contribution in [0.1, 0.15) is 34.7 Å². The van der Waals surface area contributed by atoms with Gasteiger partial charge in [-0.25, -0.2) is 0 Å². The Hall–Kier alpha value is -2.30. The van der Waals surface area contributed by atoms with Gasteiger partial charge in [-0.3, -0.25) is 9.89 Å². The standard InChI is InChI=1S/C14H17N3O2/c1-9-8-13(17-16-9)14(18)15-10(2)11-4-6-12(19-3)7-5-11/h4-8,10H,1-3H3,(H,15,18)(H,16,17). The number of H-pyrrole nitrogens is 1. The first-order valence-corrected chi connectivity index (χ1v) is 6.07. The average molecular weight is 259 g/mol. The molecule has 0 saturated heterocycles. The Bertz CT molecular complexity index is 560. The molecule has 19 heavy (non-hydrogen) atoms. The van der Waals surface area contributed by atoms with E-state index in [1.54, 1.807) is 13.2 Å². The second kappa shape index (κ2) is 5.56. The number of aromatic nitrogens is 2. The predicted octanol–water partition coefficient (Wildman–Crippen LogP) is 2.22. The number of ether oxygens (including phenoxy) is 1. The van der Waals surface area contributed by atoms with Gasteiger partial charge in [0.25, 0.3) is 5.91 Å². The maximum absolute atomic E-state index is 11.9. The third-order valence-electron chi connectivity index (χ3n) is 2.90. The van der Waals surface area contributed by atoms with E-state index in [4.69, 9.17) is 4.74 Å². The van der Waals surface area contributed by atoms with Crippen LogP contribution in [0, 0.1) is 6.92 Å². The smallest absolute Gasteiger partial charge is 0.272 e. The summed E-state index contributed by atoms with van der Waals surface area (Å²) in [7, 11) is 1.63. The molecule has 1 unspecified atom stereocenters. The maximum atomic E-state index is 11.9. The van der Waals surface area contributed by atoms with E-state index in [0.717, 1.165) is 17.0 Å². The van der Waals surface area contributed by atoms with Gasteiger partial charge in [0.1, 0.15) is 11.4 Å². The molecular formula is C14H17N3O2. The number of amides is 1. The van der Waals surface area contributed by atoms with E-state index in [2.05, 4.69) is 15.5 Å². The molecule has 0 aliphatic heterocycles. The second-order valence-corrected chi connectivity index (χ2v) is 4.40. The summed E-state index contributed by atoms with van der Waals surface area (Å²) in [6.45, 7) is 3.79. The number of aromatic amines is 1. The molecule has 0 aliphatic rings. The van der Waals surface area contributed by atoms with E-state index in [1.165, 1.54) is 0 Å². The topological polar surface area (TPSA) is 67.0 Å². The van der Waals surface area contributed by atoms with Gasteiger partial charge in [-0.1, -0.05) is 12.1 Å². The molecule has 0 aliphatic carbocycles. The Morgan fingerprint density at radius 2 is 2.05 bits per heavy atom. The van der Waals surface area contributed by atoms with Crippen molar-refractivity contribution in [2.45, 2.75) is 19.9 Å². The fourth-order valence-electron chi connectivity index (χ4n) is 1.78. The number of nitrogens with one attached hydrogen (secondary N) is 2. The third kappa shape index (κ3) is 3.13. The lowest BCUT2D eigenvalue weighted by molar-refractivity contribution is 0.0935. The van der Waals surface area contributed by atoms with Crippen LogP contribution >= 0.6 is 0 Å². The van der Waals surface area contributed by atoms with Gasteiger partial charge in [-0.2, -0.15) is 5.10 Å². The minimum absolute atomic E-state index is 0.0876. The summed E-state index contributed by atoms with van der Waals surface area (Å²) < 4.78 is 5.10. The van der Waals surface area contributed by atoms with Crippen molar-refractivity contribution in [2.75, 3.05) is 7.11 Å². The molecule has 1 atom stereocenters. The summed E-state index contributed by atoms with van der Waals surface area (Å²) in [5.74, 6) is 0.609. The number of carbonyl (C=O) groups excluding carboxylic acids is 1. The van der Waals surface area contributed by atoms with Crippen LogP contribution in [0.15, 0.2) is 30.3 Å². The number of hydrogen-bond acceptors (Lipinski definition) is 3. The van der Waals surface area contributed by atoms with Crippen molar-refractivity contribution in [3.63, 3.8) is 0 Å². The lowest BCUT2D eigenvalue weighted by Gasteiger charge is -2.13. The second-order valence-electron chi connectivity index (χ2n) is 4.40. The van der Waals surface area contributed by atoms with Gasteiger partial charge in [0, 0.05) is 5.69 Å². The molecule has 2 N–H and O–H groups in total. The number of hydrogen-bond donors (Lipinski definition) is 2. The first-order chi connectivity index (χ1) is 9.10. The first-order valence-electron chi connectivity index (χ1n) is 6.07. The van der Waals surface area contributed by atoms with Crippen LogP contribution < -0.4 is 10.1 Å². The summed E-state index contributed by atoms with van der Waals surface area (Å²) in [5.41, 5.74) is 2.28. The molecule has 0 saturated carbocycles. The van der Waals surface area contributed by atoms with E-state index < -0.39 is 0 Å². The van der Waals surface area contributed by atoms with Crippen LogP contribution in [-0.4, -0.2) is 23.2 Å². The maximum Gasteiger partial charge on any atom is 0.272 e. The number of aryl methyl sites for hydroxylation is 1. The van der Waals surface area contributed by atoms with Gasteiger partial charge >= 0.3 is 0 Å². The Morgan fingerprint density at radius 3 is 2.58 bits per heavy atom. The molecule has 0 radical (unpaired) electrons. The third-order valence-corrected chi connectivity index (χ3v) is 2.90. The Kier molecular flexibility index (Phi) is 3.85. The average Bonchev–Trinajstić information content (AvgIpc) is 2.85. The minimum atomic E-state index is -0.187. The van der Waals surface area contributed by atoms with Gasteiger partial charge in [0.05, 0.1) is 13.2 Å².